The number of non-ortho nitro benzene ring substituents is 1. The molecule has 1 saturated heterocycles. The van der Waals surface area contributed by atoms with Crippen LogP contribution in [0.5, 0.6) is 5.75 Å². The van der Waals surface area contributed by atoms with Crippen molar-refractivity contribution >= 4 is 29.2 Å². The predicted molar refractivity (Wildman–Crippen MR) is 114 cm³/mol. The minimum absolute atomic E-state index is 0.0126. The van der Waals surface area contributed by atoms with Crippen LogP contribution in [0.4, 0.5) is 11.4 Å². The van der Waals surface area contributed by atoms with E-state index in [9.17, 15) is 24.5 Å². The smallest absolute Gasteiger partial charge is 0.312 e. The molecular formula is C22H23N3O7. The number of hydrogen-bond acceptors (Lipinski definition) is 7. The Hall–Kier alpha value is -3.95. The first kappa shape index (κ1) is 22.7. The summed E-state index contributed by atoms with van der Waals surface area (Å²) in [5.41, 5.74) is 0.807. The summed E-state index contributed by atoms with van der Waals surface area (Å²) in [5, 5.41) is 13.5. The average molecular weight is 441 g/mol. The lowest BCUT2D eigenvalue weighted by atomic mass is 10.1. The molecule has 32 heavy (non-hydrogen) atoms. The number of carbonyl (C=O) groups is 3. The van der Waals surface area contributed by atoms with Crippen LogP contribution >= 0.6 is 0 Å². The standard InChI is InChI=1S/C22H23N3O7/c1-14(21(27)23-18-11-17(25(29)30)8-9-19(18)31-2)32-22(28)16-10-20(26)24(13-16)12-15-6-4-3-5-7-15/h3-9,11,14,16H,10,12-13H2,1-2H3,(H,23,27)/t14-,16-/m1/s1. The van der Waals surface area contributed by atoms with Gasteiger partial charge in [0, 0.05) is 31.6 Å². The summed E-state index contributed by atoms with van der Waals surface area (Å²) >= 11 is 0. The number of methoxy groups -OCH3 is 1. The minimum Gasteiger partial charge on any atom is -0.495 e. The van der Waals surface area contributed by atoms with Gasteiger partial charge in [-0.25, -0.2) is 0 Å². The van der Waals surface area contributed by atoms with E-state index in [-0.39, 0.29) is 36.0 Å². The predicted octanol–water partition coefficient (Wildman–Crippen LogP) is 2.52. The summed E-state index contributed by atoms with van der Waals surface area (Å²) < 4.78 is 10.4. The highest BCUT2D eigenvalue weighted by molar-refractivity contribution is 5.97. The lowest BCUT2D eigenvalue weighted by Crippen LogP contribution is -2.33. The molecule has 0 radical (unpaired) electrons. The second kappa shape index (κ2) is 9.90. The molecule has 1 aliphatic rings. The zero-order chi connectivity index (χ0) is 23.3. The van der Waals surface area contributed by atoms with E-state index in [1.54, 1.807) is 4.90 Å². The van der Waals surface area contributed by atoms with Crippen molar-refractivity contribution in [3.63, 3.8) is 0 Å². The van der Waals surface area contributed by atoms with Crippen LogP contribution in [0, 0.1) is 16.0 Å². The summed E-state index contributed by atoms with van der Waals surface area (Å²) in [6, 6.07) is 13.2. The third-order valence-corrected chi connectivity index (χ3v) is 5.08. The number of carbonyl (C=O) groups excluding carboxylic acids is 3. The summed E-state index contributed by atoms with van der Waals surface area (Å²) in [6.45, 7) is 1.99. The SMILES string of the molecule is COc1ccc([N+](=O)[O-])cc1NC(=O)[C@@H](C)OC(=O)[C@@H]1CC(=O)N(Cc2ccccc2)C1. The summed E-state index contributed by atoms with van der Waals surface area (Å²) in [6.07, 6.45) is -1.16. The van der Waals surface area contributed by atoms with Gasteiger partial charge in [0.1, 0.15) is 5.75 Å². The van der Waals surface area contributed by atoms with Gasteiger partial charge in [-0.1, -0.05) is 30.3 Å². The van der Waals surface area contributed by atoms with Crippen molar-refractivity contribution in [2.24, 2.45) is 5.92 Å². The number of hydrogen-bond donors (Lipinski definition) is 1. The fourth-order valence-electron chi connectivity index (χ4n) is 3.35. The van der Waals surface area contributed by atoms with Crippen LogP contribution < -0.4 is 10.1 Å². The average Bonchev–Trinajstić information content (AvgIpc) is 3.14. The van der Waals surface area contributed by atoms with E-state index in [1.165, 1.54) is 26.2 Å². The van der Waals surface area contributed by atoms with Crippen molar-refractivity contribution in [3.05, 3.63) is 64.2 Å². The van der Waals surface area contributed by atoms with Gasteiger partial charge in [0.2, 0.25) is 5.91 Å². The molecule has 1 fully saturated rings. The van der Waals surface area contributed by atoms with E-state index in [1.807, 2.05) is 30.3 Å². The maximum absolute atomic E-state index is 12.5. The van der Waals surface area contributed by atoms with E-state index < -0.39 is 28.8 Å². The highest BCUT2D eigenvalue weighted by Gasteiger charge is 2.36. The zero-order valence-corrected chi connectivity index (χ0v) is 17.6. The molecule has 1 aliphatic heterocycles. The monoisotopic (exact) mass is 441 g/mol. The van der Waals surface area contributed by atoms with Gasteiger partial charge in [-0.3, -0.25) is 24.5 Å². The van der Waals surface area contributed by atoms with Crippen LogP contribution in [0.25, 0.3) is 0 Å². The van der Waals surface area contributed by atoms with Crippen LogP contribution in [-0.2, 0) is 25.7 Å². The molecule has 0 aromatic heterocycles. The van der Waals surface area contributed by atoms with E-state index in [2.05, 4.69) is 5.32 Å². The number of nitro benzene ring substituents is 1. The van der Waals surface area contributed by atoms with Gasteiger partial charge < -0.3 is 19.7 Å². The maximum atomic E-state index is 12.5. The Morgan fingerprint density at radius 1 is 1.25 bits per heavy atom. The molecule has 10 nitrogen and oxygen atoms in total. The van der Waals surface area contributed by atoms with Gasteiger partial charge >= 0.3 is 5.97 Å². The Labute approximate surface area is 184 Å². The number of likely N-dealkylation sites (tertiary alicyclic amines) is 1. The number of anilines is 1. The zero-order valence-electron chi connectivity index (χ0n) is 17.6. The van der Waals surface area contributed by atoms with Crippen molar-refractivity contribution in [2.75, 3.05) is 19.0 Å². The van der Waals surface area contributed by atoms with Crippen LogP contribution in [0.2, 0.25) is 0 Å². The molecule has 2 aromatic rings. The Kier molecular flexibility index (Phi) is 7.04. The molecule has 10 heteroatoms. The van der Waals surface area contributed by atoms with Crippen LogP contribution in [0.3, 0.4) is 0 Å². The van der Waals surface area contributed by atoms with Crippen molar-refractivity contribution in [3.8, 4) is 5.75 Å². The van der Waals surface area contributed by atoms with Crippen LogP contribution in [-0.4, -0.2) is 47.4 Å². The van der Waals surface area contributed by atoms with Gasteiger partial charge in [0.15, 0.2) is 6.10 Å². The van der Waals surface area contributed by atoms with E-state index >= 15 is 0 Å². The number of ether oxygens (including phenoxy) is 2. The first-order chi connectivity index (χ1) is 15.3. The molecule has 0 bridgehead atoms. The molecule has 0 aliphatic carbocycles. The molecule has 2 atom stereocenters. The number of nitrogens with one attached hydrogen (secondary N) is 1. The van der Waals surface area contributed by atoms with Gasteiger partial charge in [-0.15, -0.1) is 0 Å². The largest absolute Gasteiger partial charge is 0.495 e. The number of nitrogens with zero attached hydrogens (tertiary/aromatic N) is 2. The number of nitro groups is 1. The molecule has 0 saturated carbocycles. The molecule has 1 heterocycles. The topological polar surface area (TPSA) is 128 Å². The van der Waals surface area contributed by atoms with Crippen LogP contribution in [0.15, 0.2) is 48.5 Å². The molecule has 3 rings (SSSR count). The molecule has 0 spiro atoms. The third-order valence-electron chi connectivity index (χ3n) is 5.08. The number of amides is 2. The molecule has 2 amide bonds. The Morgan fingerprint density at radius 2 is 1.97 bits per heavy atom. The molecular weight excluding hydrogens is 418 g/mol. The minimum atomic E-state index is -1.18. The molecule has 168 valence electrons. The first-order valence-electron chi connectivity index (χ1n) is 9.94. The van der Waals surface area contributed by atoms with E-state index in [0.29, 0.717) is 6.54 Å². The summed E-state index contributed by atoms with van der Waals surface area (Å²) in [7, 11) is 1.36. The molecule has 1 N–H and O–H groups in total. The molecule has 2 aromatic carbocycles. The van der Waals surface area contributed by atoms with Gasteiger partial charge in [0.05, 0.1) is 23.6 Å². The van der Waals surface area contributed by atoms with Crippen molar-refractivity contribution < 1.29 is 28.8 Å². The van der Waals surface area contributed by atoms with Crippen molar-refractivity contribution in [2.45, 2.75) is 26.0 Å². The van der Waals surface area contributed by atoms with Crippen LogP contribution in [0.1, 0.15) is 18.9 Å². The fourth-order valence-corrected chi connectivity index (χ4v) is 3.35. The second-order valence-electron chi connectivity index (χ2n) is 7.37. The Bertz CT molecular complexity index is 1030. The lowest BCUT2D eigenvalue weighted by molar-refractivity contribution is -0.384. The normalized spacial score (nSPS) is 16.4. The first-order valence-corrected chi connectivity index (χ1v) is 9.94. The van der Waals surface area contributed by atoms with E-state index in [0.717, 1.165) is 11.6 Å². The maximum Gasteiger partial charge on any atom is 0.312 e. The van der Waals surface area contributed by atoms with Crippen molar-refractivity contribution in [1.82, 2.24) is 4.90 Å². The number of esters is 1. The summed E-state index contributed by atoms with van der Waals surface area (Å²) in [4.78, 5) is 49.3. The number of rotatable bonds is 8. The highest BCUT2D eigenvalue weighted by atomic mass is 16.6. The Balaban J connectivity index is 1.58. The number of benzene rings is 2. The van der Waals surface area contributed by atoms with Gasteiger partial charge in [-0.2, -0.15) is 0 Å². The Morgan fingerprint density at radius 3 is 2.62 bits per heavy atom. The quantitative estimate of drug-likeness (QED) is 0.379. The van der Waals surface area contributed by atoms with Gasteiger partial charge in [0.25, 0.3) is 11.6 Å². The third kappa shape index (κ3) is 5.39. The molecule has 0 unspecified atom stereocenters. The second-order valence-corrected chi connectivity index (χ2v) is 7.37. The van der Waals surface area contributed by atoms with Crippen molar-refractivity contribution in [1.29, 1.82) is 0 Å². The highest BCUT2D eigenvalue weighted by Crippen LogP contribution is 2.29. The van der Waals surface area contributed by atoms with E-state index in [4.69, 9.17) is 9.47 Å². The summed E-state index contributed by atoms with van der Waals surface area (Å²) in [5.74, 6) is -1.94. The fraction of sp³-hybridized carbons (Fsp3) is 0.318. The van der Waals surface area contributed by atoms with Gasteiger partial charge in [-0.05, 0) is 18.6 Å². The lowest BCUT2D eigenvalue weighted by Gasteiger charge is -2.18.